The van der Waals surface area contributed by atoms with Gasteiger partial charge in [0.2, 0.25) is 0 Å². The molecule has 1 heterocycles. The van der Waals surface area contributed by atoms with Crippen molar-refractivity contribution < 1.29 is 17.9 Å². The van der Waals surface area contributed by atoms with Crippen LogP contribution in [0.5, 0.6) is 5.75 Å². The Hall–Kier alpha value is -1.30. The Labute approximate surface area is 98.0 Å². The third kappa shape index (κ3) is 5.53. The lowest BCUT2D eigenvalue weighted by Crippen LogP contribution is -2.24. The summed E-state index contributed by atoms with van der Waals surface area (Å²) in [4.78, 5) is 4.00. The highest BCUT2D eigenvalue weighted by atomic mass is 19.4. The van der Waals surface area contributed by atoms with Gasteiger partial charge in [-0.1, -0.05) is 13.8 Å². The van der Waals surface area contributed by atoms with Gasteiger partial charge in [0.15, 0.2) is 6.61 Å². The van der Waals surface area contributed by atoms with Gasteiger partial charge in [-0.05, 0) is 12.1 Å². The van der Waals surface area contributed by atoms with E-state index in [9.17, 15) is 13.2 Å². The summed E-state index contributed by atoms with van der Waals surface area (Å²) in [6.45, 7) is 2.97. The Morgan fingerprint density at radius 3 is 2.71 bits per heavy atom. The zero-order chi connectivity index (χ0) is 12.9. The molecule has 0 aliphatic carbocycles. The number of ether oxygens (including phenoxy) is 1. The van der Waals surface area contributed by atoms with Gasteiger partial charge < -0.3 is 10.1 Å². The van der Waals surface area contributed by atoms with Crippen molar-refractivity contribution in [3.8, 4) is 5.75 Å². The Kier molecular flexibility index (Phi) is 4.74. The number of halogens is 3. The quantitative estimate of drug-likeness (QED) is 0.869. The fraction of sp³-hybridized carbons (Fsp3) is 0.545. The van der Waals surface area contributed by atoms with Gasteiger partial charge in [-0.15, -0.1) is 0 Å². The van der Waals surface area contributed by atoms with E-state index in [0.29, 0.717) is 12.2 Å². The minimum Gasteiger partial charge on any atom is -0.482 e. The number of alkyl halides is 3. The summed E-state index contributed by atoms with van der Waals surface area (Å²) < 4.78 is 40.8. The van der Waals surface area contributed by atoms with Crippen LogP contribution in [0.3, 0.4) is 0 Å². The van der Waals surface area contributed by atoms with Gasteiger partial charge >= 0.3 is 6.18 Å². The van der Waals surface area contributed by atoms with E-state index in [1.54, 1.807) is 6.07 Å². The number of hydrogen-bond acceptors (Lipinski definition) is 3. The molecule has 0 aromatic carbocycles. The van der Waals surface area contributed by atoms with Crippen molar-refractivity contribution in [3.63, 3.8) is 0 Å². The molecule has 17 heavy (non-hydrogen) atoms. The van der Waals surface area contributed by atoms with E-state index >= 15 is 0 Å². The lowest BCUT2D eigenvalue weighted by molar-refractivity contribution is -0.153. The molecule has 0 amide bonds. The van der Waals surface area contributed by atoms with Gasteiger partial charge in [0, 0.05) is 18.8 Å². The van der Waals surface area contributed by atoms with E-state index in [0.717, 1.165) is 0 Å². The third-order valence-corrected chi connectivity index (χ3v) is 1.92. The maximum atomic E-state index is 12.0. The molecule has 0 radical (unpaired) electrons. The van der Waals surface area contributed by atoms with Gasteiger partial charge in [-0.2, -0.15) is 13.2 Å². The van der Waals surface area contributed by atoms with Crippen molar-refractivity contribution in [2.75, 3.05) is 6.61 Å². The molecule has 0 unspecified atom stereocenters. The van der Waals surface area contributed by atoms with Crippen molar-refractivity contribution in [1.82, 2.24) is 10.3 Å². The van der Waals surface area contributed by atoms with Gasteiger partial charge in [-0.25, -0.2) is 0 Å². The minimum absolute atomic E-state index is 0.165. The summed E-state index contributed by atoms with van der Waals surface area (Å²) in [7, 11) is 0. The van der Waals surface area contributed by atoms with Crippen molar-refractivity contribution in [1.29, 1.82) is 0 Å². The van der Waals surface area contributed by atoms with Crippen LogP contribution in [0.2, 0.25) is 0 Å². The maximum Gasteiger partial charge on any atom is 0.422 e. The van der Waals surface area contributed by atoms with E-state index in [1.165, 1.54) is 12.3 Å². The lowest BCUT2D eigenvalue weighted by Gasteiger charge is -2.13. The van der Waals surface area contributed by atoms with Crippen LogP contribution in [0, 0.1) is 0 Å². The summed E-state index contributed by atoms with van der Waals surface area (Å²) in [6.07, 6.45) is -2.81. The molecular formula is C11H15F3N2O. The lowest BCUT2D eigenvalue weighted by atomic mass is 10.3. The topological polar surface area (TPSA) is 34.2 Å². The molecule has 1 N–H and O–H groups in total. The van der Waals surface area contributed by atoms with Crippen LogP contribution in [0.25, 0.3) is 0 Å². The first-order chi connectivity index (χ1) is 7.88. The highest BCUT2D eigenvalue weighted by Crippen LogP contribution is 2.20. The Morgan fingerprint density at radius 2 is 2.12 bits per heavy atom. The fourth-order valence-electron chi connectivity index (χ4n) is 1.15. The van der Waals surface area contributed by atoms with E-state index in [4.69, 9.17) is 4.74 Å². The molecular weight excluding hydrogens is 233 g/mol. The molecule has 6 heteroatoms. The summed E-state index contributed by atoms with van der Waals surface area (Å²) in [5.41, 5.74) is 0.477. The Bertz CT molecular complexity index is 353. The second-order valence-electron chi connectivity index (χ2n) is 3.89. The number of nitrogens with one attached hydrogen (secondary N) is 1. The summed E-state index contributed by atoms with van der Waals surface area (Å²) in [5, 5.41) is 3.08. The monoisotopic (exact) mass is 248 g/mol. The predicted molar refractivity (Wildman–Crippen MR) is 57.8 cm³/mol. The molecule has 0 saturated heterocycles. The Morgan fingerprint density at radius 1 is 1.41 bits per heavy atom. The molecule has 0 fully saturated rings. The average molecular weight is 248 g/mol. The number of hydrogen-bond donors (Lipinski definition) is 1. The number of pyridine rings is 1. The zero-order valence-electron chi connectivity index (χ0n) is 9.71. The summed E-state index contributed by atoms with van der Waals surface area (Å²) >= 11 is 0. The zero-order valence-corrected chi connectivity index (χ0v) is 9.71. The second kappa shape index (κ2) is 5.86. The Balaban J connectivity index is 2.64. The molecule has 0 bridgehead atoms. The van der Waals surface area contributed by atoms with E-state index in [1.807, 2.05) is 13.8 Å². The molecule has 0 atom stereocenters. The average Bonchev–Trinajstić information content (AvgIpc) is 2.23. The third-order valence-electron chi connectivity index (χ3n) is 1.92. The SMILES string of the molecule is CC(C)NCc1ncccc1OCC(F)(F)F. The van der Waals surface area contributed by atoms with Crippen molar-refractivity contribution in [3.05, 3.63) is 24.0 Å². The van der Waals surface area contributed by atoms with E-state index in [2.05, 4.69) is 10.3 Å². The molecule has 0 aliphatic heterocycles. The molecule has 0 spiro atoms. The molecule has 1 aromatic heterocycles. The highest BCUT2D eigenvalue weighted by Gasteiger charge is 2.28. The second-order valence-corrected chi connectivity index (χ2v) is 3.89. The number of aromatic nitrogens is 1. The van der Waals surface area contributed by atoms with Crippen LogP contribution in [0.1, 0.15) is 19.5 Å². The van der Waals surface area contributed by atoms with E-state index in [-0.39, 0.29) is 11.8 Å². The molecule has 1 rings (SSSR count). The van der Waals surface area contributed by atoms with Crippen LogP contribution in [-0.4, -0.2) is 23.8 Å². The molecule has 0 aliphatic rings. The van der Waals surface area contributed by atoms with Gasteiger partial charge in [0.25, 0.3) is 0 Å². The van der Waals surface area contributed by atoms with Crippen LogP contribution >= 0.6 is 0 Å². The molecule has 96 valence electrons. The van der Waals surface area contributed by atoms with E-state index < -0.39 is 12.8 Å². The molecule has 1 aromatic rings. The standard InChI is InChI=1S/C11H15F3N2O/c1-8(2)16-6-9-10(4-3-5-15-9)17-7-11(12,13)14/h3-5,8,16H,6-7H2,1-2H3. The number of rotatable bonds is 5. The smallest absolute Gasteiger partial charge is 0.422 e. The van der Waals surface area contributed by atoms with Crippen molar-refractivity contribution >= 4 is 0 Å². The first kappa shape index (κ1) is 13.8. The van der Waals surface area contributed by atoms with Crippen LogP contribution in [0.4, 0.5) is 13.2 Å². The maximum absolute atomic E-state index is 12.0. The minimum atomic E-state index is -4.33. The van der Waals surface area contributed by atoms with Gasteiger partial charge in [-0.3, -0.25) is 4.98 Å². The van der Waals surface area contributed by atoms with Crippen LogP contribution in [0.15, 0.2) is 18.3 Å². The normalized spacial score (nSPS) is 11.9. The molecule has 3 nitrogen and oxygen atoms in total. The van der Waals surface area contributed by atoms with Crippen LogP contribution in [-0.2, 0) is 6.54 Å². The van der Waals surface area contributed by atoms with Crippen molar-refractivity contribution in [2.24, 2.45) is 0 Å². The van der Waals surface area contributed by atoms with Crippen molar-refractivity contribution in [2.45, 2.75) is 32.6 Å². The number of nitrogens with zero attached hydrogens (tertiary/aromatic N) is 1. The first-order valence-electron chi connectivity index (χ1n) is 5.25. The van der Waals surface area contributed by atoms with Gasteiger partial charge in [0.05, 0.1) is 5.69 Å². The van der Waals surface area contributed by atoms with Gasteiger partial charge in [0.1, 0.15) is 5.75 Å². The molecule has 0 saturated carbocycles. The summed E-state index contributed by atoms with van der Waals surface area (Å²) in [5.74, 6) is 0.165. The highest BCUT2D eigenvalue weighted by molar-refractivity contribution is 5.26. The predicted octanol–water partition coefficient (Wildman–Crippen LogP) is 2.52. The largest absolute Gasteiger partial charge is 0.482 e. The fourth-order valence-corrected chi connectivity index (χ4v) is 1.15. The first-order valence-corrected chi connectivity index (χ1v) is 5.25. The summed E-state index contributed by atoms with van der Waals surface area (Å²) in [6, 6.07) is 3.26. The van der Waals surface area contributed by atoms with Crippen LogP contribution < -0.4 is 10.1 Å².